The third-order valence-corrected chi connectivity index (χ3v) is 4.06. The molecular formula is C19H15ClF2N4O. The lowest BCUT2D eigenvalue weighted by molar-refractivity contribution is 0.102. The molecule has 0 radical (unpaired) electrons. The van der Waals surface area contributed by atoms with Crippen LogP contribution in [0.2, 0.25) is 5.02 Å². The third-order valence-electron chi connectivity index (χ3n) is 3.76. The maximum Gasteiger partial charge on any atom is 0.274 e. The van der Waals surface area contributed by atoms with Crippen molar-refractivity contribution in [3.05, 3.63) is 76.1 Å². The van der Waals surface area contributed by atoms with E-state index in [0.29, 0.717) is 10.7 Å². The SMILES string of the molecule is Cc1cc(C)c(Nc2nccc(C(=O)Nc3c(F)cccc3F)n2)c(Cl)c1. The van der Waals surface area contributed by atoms with E-state index in [4.69, 9.17) is 11.6 Å². The van der Waals surface area contributed by atoms with Crippen molar-refractivity contribution in [2.45, 2.75) is 13.8 Å². The largest absolute Gasteiger partial charge is 0.323 e. The molecule has 0 atom stereocenters. The first-order valence-corrected chi connectivity index (χ1v) is 8.35. The van der Waals surface area contributed by atoms with E-state index in [1.54, 1.807) is 6.07 Å². The van der Waals surface area contributed by atoms with Crippen LogP contribution in [0.5, 0.6) is 0 Å². The number of nitrogens with one attached hydrogen (secondary N) is 2. The standard InChI is InChI=1S/C19H15ClF2N4O/c1-10-8-11(2)16(12(20)9-10)26-19-23-7-6-15(24-19)18(27)25-17-13(21)4-3-5-14(17)22/h3-9H,1-2H3,(H,25,27)(H,23,24,26). The van der Waals surface area contributed by atoms with E-state index in [0.717, 1.165) is 23.3 Å². The highest BCUT2D eigenvalue weighted by Gasteiger charge is 2.15. The van der Waals surface area contributed by atoms with Crippen LogP contribution in [0, 0.1) is 25.5 Å². The van der Waals surface area contributed by atoms with Crippen molar-refractivity contribution in [1.29, 1.82) is 0 Å². The predicted octanol–water partition coefficient (Wildman–Crippen LogP) is 5.02. The second-order valence-electron chi connectivity index (χ2n) is 5.88. The Kier molecular flexibility index (Phi) is 5.32. The average Bonchev–Trinajstić information content (AvgIpc) is 2.61. The highest BCUT2D eigenvalue weighted by Crippen LogP contribution is 2.29. The van der Waals surface area contributed by atoms with Gasteiger partial charge in [-0.25, -0.2) is 18.7 Å². The summed E-state index contributed by atoms with van der Waals surface area (Å²) in [4.78, 5) is 20.5. The van der Waals surface area contributed by atoms with Crippen LogP contribution >= 0.6 is 11.6 Å². The fraction of sp³-hybridized carbons (Fsp3) is 0.105. The van der Waals surface area contributed by atoms with Gasteiger partial charge in [-0.1, -0.05) is 23.7 Å². The molecule has 0 aliphatic rings. The number of hydrogen-bond acceptors (Lipinski definition) is 4. The molecule has 0 unspecified atom stereocenters. The van der Waals surface area contributed by atoms with Crippen molar-refractivity contribution in [1.82, 2.24) is 9.97 Å². The number of rotatable bonds is 4. The Labute approximate surface area is 159 Å². The van der Waals surface area contributed by atoms with Gasteiger partial charge in [-0.05, 0) is 49.2 Å². The molecule has 2 aromatic carbocycles. The second kappa shape index (κ2) is 7.67. The monoisotopic (exact) mass is 388 g/mol. The van der Waals surface area contributed by atoms with Crippen LogP contribution < -0.4 is 10.6 Å². The number of anilines is 3. The van der Waals surface area contributed by atoms with E-state index in [-0.39, 0.29) is 11.6 Å². The maximum atomic E-state index is 13.7. The third kappa shape index (κ3) is 4.20. The number of hydrogen-bond donors (Lipinski definition) is 2. The molecule has 0 aliphatic heterocycles. The normalized spacial score (nSPS) is 10.6. The molecule has 27 heavy (non-hydrogen) atoms. The van der Waals surface area contributed by atoms with E-state index in [1.165, 1.54) is 18.3 Å². The molecule has 0 saturated carbocycles. The molecule has 1 amide bonds. The summed E-state index contributed by atoms with van der Waals surface area (Å²) in [5.74, 6) is -2.39. The van der Waals surface area contributed by atoms with Crippen molar-refractivity contribution < 1.29 is 13.6 Å². The fourth-order valence-electron chi connectivity index (χ4n) is 2.53. The van der Waals surface area contributed by atoms with E-state index >= 15 is 0 Å². The molecule has 0 spiro atoms. The summed E-state index contributed by atoms with van der Waals surface area (Å²) in [6.45, 7) is 3.80. The van der Waals surface area contributed by atoms with Crippen molar-refractivity contribution in [2.75, 3.05) is 10.6 Å². The molecular weight excluding hydrogens is 374 g/mol. The van der Waals surface area contributed by atoms with E-state index in [1.807, 2.05) is 19.9 Å². The maximum absolute atomic E-state index is 13.7. The van der Waals surface area contributed by atoms with Gasteiger partial charge >= 0.3 is 0 Å². The fourth-order valence-corrected chi connectivity index (χ4v) is 2.89. The van der Waals surface area contributed by atoms with Gasteiger partial charge in [0.15, 0.2) is 0 Å². The zero-order valence-corrected chi connectivity index (χ0v) is 15.2. The number of aromatic nitrogens is 2. The molecule has 2 N–H and O–H groups in total. The van der Waals surface area contributed by atoms with Crippen LogP contribution in [0.3, 0.4) is 0 Å². The molecule has 1 aromatic heterocycles. The second-order valence-corrected chi connectivity index (χ2v) is 6.29. The number of carbonyl (C=O) groups is 1. The lowest BCUT2D eigenvalue weighted by Gasteiger charge is -2.12. The minimum absolute atomic E-state index is 0.0592. The summed E-state index contributed by atoms with van der Waals surface area (Å²) >= 11 is 6.25. The summed E-state index contributed by atoms with van der Waals surface area (Å²) in [5, 5.41) is 5.64. The quantitative estimate of drug-likeness (QED) is 0.658. The Balaban J connectivity index is 1.85. The molecule has 3 rings (SSSR count). The first-order chi connectivity index (χ1) is 12.8. The Hall–Kier alpha value is -3.06. The van der Waals surface area contributed by atoms with Crippen molar-refractivity contribution in [2.24, 2.45) is 0 Å². The lowest BCUT2D eigenvalue weighted by Crippen LogP contribution is -2.16. The number of carbonyl (C=O) groups excluding carboxylic acids is 1. The van der Waals surface area contributed by atoms with Crippen LogP contribution in [-0.4, -0.2) is 15.9 Å². The Bertz CT molecular complexity index is 983. The summed E-state index contributed by atoms with van der Waals surface area (Å²) in [6, 6.07) is 8.37. The van der Waals surface area contributed by atoms with Gasteiger partial charge in [0.05, 0.1) is 10.7 Å². The van der Waals surface area contributed by atoms with Crippen LogP contribution in [-0.2, 0) is 0 Å². The van der Waals surface area contributed by atoms with Crippen LogP contribution in [0.15, 0.2) is 42.6 Å². The molecule has 8 heteroatoms. The summed E-state index contributed by atoms with van der Waals surface area (Å²) in [7, 11) is 0. The number of benzene rings is 2. The van der Waals surface area contributed by atoms with Gasteiger partial charge < -0.3 is 10.6 Å². The van der Waals surface area contributed by atoms with Crippen molar-refractivity contribution in [3.63, 3.8) is 0 Å². The van der Waals surface area contributed by atoms with Gasteiger partial charge in [-0.2, -0.15) is 0 Å². The molecule has 0 saturated heterocycles. The van der Waals surface area contributed by atoms with Crippen LogP contribution in [0.4, 0.5) is 26.1 Å². The van der Waals surface area contributed by atoms with Gasteiger partial charge in [0.25, 0.3) is 5.91 Å². The average molecular weight is 389 g/mol. The molecule has 138 valence electrons. The predicted molar refractivity (Wildman–Crippen MR) is 101 cm³/mol. The minimum atomic E-state index is -0.877. The summed E-state index contributed by atoms with van der Waals surface area (Å²) < 4.78 is 27.4. The molecule has 0 aliphatic carbocycles. The summed E-state index contributed by atoms with van der Waals surface area (Å²) in [5.41, 5.74) is 1.90. The van der Waals surface area contributed by atoms with Gasteiger partial charge in [-0.3, -0.25) is 4.79 Å². The number of aryl methyl sites for hydroxylation is 2. The smallest absolute Gasteiger partial charge is 0.274 e. The molecule has 0 fully saturated rings. The number of halogens is 3. The zero-order chi connectivity index (χ0) is 19.6. The Morgan fingerprint density at radius 3 is 2.44 bits per heavy atom. The van der Waals surface area contributed by atoms with Crippen molar-refractivity contribution in [3.8, 4) is 0 Å². The number of nitrogens with zero attached hydrogens (tertiary/aromatic N) is 2. The van der Waals surface area contributed by atoms with E-state index in [9.17, 15) is 13.6 Å². The van der Waals surface area contributed by atoms with Gasteiger partial charge in [0.1, 0.15) is 23.0 Å². The molecule has 3 aromatic rings. The first-order valence-electron chi connectivity index (χ1n) is 7.97. The number of amides is 1. The summed E-state index contributed by atoms with van der Waals surface area (Å²) in [6.07, 6.45) is 1.36. The van der Waals surface area contributed by atoms with Crippen LogP contribution in [0.1, 0.15) is 21.6 Å². The van der Waals surface area contributed by atoms with Crippen molar-refractivity contribution >= 4 is 34.8 Å². The Morgan fingerprint density at radius 2 is 1.78 bits per heavy atom. The van der Waals surface area contributed by atoms with Gasteiger partial charge in [-0.15, -0.1) is 0 Å². The van der Waals surface area contributed by atoms with E-state index in [2.05, 4.69) is 20.6 Å². The lowest BCUT2D eigenvalue weighted by atomic mass is 10.1. The number of para-hydroxylation sites is 1. The molecule has 0 bridgehead atoms. The minimum Gasteiger partial charge on any atom is -0.323 e. The van der Waals surface area contributed by atoms with Gasteiger partial charge in [0, 0.05) is 6.20 Å². The van der Waals surface area contributed by atoms with Crippen LogP contribution in [0.25, 0.3) is 0 Å². The zero-order valence-electron chi connectivity index (χ0n) is 14.5. The highest BCUT2D eigenvalue weighted by atomic mass is 35.5. The van der Waals surface area contributed by atoms with Gasteiger partial charge in [0.2, 0.25) is 5.95 Å². The topological polar surface area (TPSA) is 66.9 Å². The molecule has 1 heterocycles. The first kappa shape index (κ1) is 18.7. The van der Waals surface area contributed by atoms with E-state index < -0.39 is 23.2 Å². The highest BCUT2D eigenvalue weighted by molar-refractivity contribution is 6.33. The Morgan fingerprint density at radius 1 is 1.07 bits per heavy atom. The molecule has 5 nitrogen and oxygen atoms in total.